The smallest absolute Gasteiger partial charge is 0.224 e. The minimum Gasteiger partial charge on any atom is -0.326 e. The molecule has 0 saturated heterocycles. The van der Waals surface area contributed by atoms with Gasteiger partial charge in [-0.1, -0.05) is 11.6 Å². The van der Waals surface area contributed by atoms with E-state index in [1.54, 1.807) is 11.6 Å². The third kappa shape index (κ3) is 4.56. The van der Waals surface area contributed by atoms with Crippen molar-refractivity contribution in [2.75, 3.05) is 11.1 Å². The highest BCUT2D eigenvalue weighted by Gasteiger charge is 2.15. The molecule has 5 nitrogen and oxygen atoms in total. The molecule has 1 N–H and O–H groups in total. The van der Waals surface area contributed by atoms with Gasteiger partial charge in [0, 0.05) is 17.1 Å². The van der Waals surface area contributed by atoms with Crippen LogP contribution in [0.1, 0.15) is 12.8 Å². The summed E-state index contributed by atoms with van der Waals surface area (Å²) in [6.07, 6.45) is 0.382. The Balaban J connectivity index is 1.54. The molecule has 8 heteroatoms. The molecule has 3 aromatic rings. The normalized spacial score (nSPS) is 11.6. The highest BCUT2D eigenvalue weighted by atomic mass is 35.5. The van der Waals surface area contributed by atoms with Gasteiger partial charge in [0.1, 0.15) is 0 Å². The number of carbonyl (C=O) groups excluding carboxylic acids is 1. The predicted molar refractivity (Wildman–Crippen MR) is 101 cm³/mol. The van der Waals surface area contributed by atoms with Crippen LogP contribution in [0.2, 0.25) is 5.02 Å². The van der Waals surface area contributed by atoms with Crippen LogP contribution in [-0.2, 0) is 14.6 Å². The van der Waals surface area contributed by atoms with Gasteiger partial charge in [0.25, 0.3) is 0 Å². The number of benzene rings is 2. The third-order valence-electron chi connectivity index (χ3n) is 3.60. The van der Waals surface area contributed by atoms with Crippen molar-refractivity contribution in [3.05, 3.63) is 53.0 Å². The summed E-state index contributed by atoms with van der Waals surface area (Å²) in [6.45, 7) is 0. The zero-order valence-electron chi connectivity index (χ0n) is 13.1. The molecular formula is C17H15ClN2O3S2. The van der Waals surface area contributed by atoms with Gasteiger partial charge in [0.2, 0.25) is 5.91 Å². The van der Waals surface area contributed by atoms with E-state index in [0.29, 0.717) is 10.7 Å². The van der Waals surface area contributed by atoms with Crippen LogP contribution in [0.4, 0.5) is 5.69 Å². The summed E-state index contributed by atoms with van der Waals surface area (Å²) in [5.74, 6) is -0.300. The molecule has 0 atom stereocenters. The Labute approximate surface area is 154 Å². The first kappa shape index (κ1) is 17.8. The zero-order valence-corrected chi connectivity index (χ0v) is 15.5. The second-order valence-corrected chi connectivity index (χ2v) is 8.89. The quantitative estimate of drug-likeness (QED) is 0.681. The second-order valence-electron chi connectivity index (χ2n) is 5.46. The van der Waals surface area contributed by atoms with Gasteiger partial charge < -0.3 is 5.32 Å². The number of hydrogen-bond donors (Lipinski definition) is 1. The fourth-order valence-electron chi connectivity index (χ4n) is 2.34. The molecule has 0 radical (unpaired) electrons. The number of aromatic nitrogens is 1. The Morgan fingerprint density at radius 3 is 2.68 bits per heavy atom. The molecule has 1 amide bonds. The minimum atomic E-state index is -3.41. The lowest BCUT2D eigenvalue weighted by atomic mass is 10.2. The van der Waals surface area contributed by atoms with E-state index in [2.05, 4.69) is 10.3 Å². The Hall–Kier alpha value is -1.96. The van der Waals surface area contributed by atoms with Crippen molar-refractivity contribution in [1.29, 1.82) is 0 Å². The molecule has 2 aromatic carbocycles. The molecular weight excluding hydrogens is 380 g/mol. The number of anilines is 1. The molecule has 0 aliphatic rings. The lowest BCUT2D eigenvalue weighted by molar-refractivity contribution is -0.116. The average Bonchev–Trinajstić information content (AvgIpc) is 3.02. The van der Waals surface area contributed by atoms with Crippen LogP contribution in [0.25, 0.3) is 10.2 Å². The summed E-state index contributed by atoms with van der Waals surface area (Å²) >= 11 is 7.26. The number of carbonyl (C=O) groups is 1. The molecule has 3 rings (SSSR count). The molecule has 0 saturated carbocycles. The van der Waals surface area contributed by atoms with Gasteiger partial charge in [0.15, 0.2) is 9.84 Å². The van der Waals surface area contributed by atoms with Crippen molar-refractivity contribution in [3.63, 3.8) is 0 Å². The summed E-state index contributed by atoms with van der Waals surface area (Å²) in [7, 11) is -3.41. The van der Waals surface area contributed by atoms with E-state index in [9.17, 15) is 13.2 Å². The van der Waals surface area contributed by atoms with Crippen molar-refractivity contribution in [1.82, 2.24) is 4.98 Å². The molecule has 130 valence electrons. The van der Waals surface area contributed by atoms with E-state index >= 15 is 0 Å². The monoisotopic (exact) mass is 394 g/mol. The van der Waals surface area contributed by atoms with Crippen molar-refractivity contribution < 1.29 is 13.2 Å². The molecule has 0 fully saturated rings. The summed E-state index contributed by atoms with van der Waals surface area (Å²) in [6, 6.07) is 11.5. The van der Waals surface area contributed by atoms with Crippen molar-refractivity contribution in [3.8, 4) is 0 Å². The van der Waals surface area contributed by atoms with E-state index < -0.39 is 9.84 Å². The third-order valence-corrected chi connectivity index (χ3v) is 6.46. The highest BCUT2D eigenvalue weighted by Crippen LogP contribution is 2.22. The van der Waals surface area contributed by atoms with Gasteiger partial charge in [0.05, 0.1) is 26.4 Å². The number of rotatable bonds is 6. The molecule has 0 aliphatic carbocycles. The first-order chi connectivity index (χ1) is 11.9. The fraction of sp³-hybridized carbons (Fsp3) is 0.176. The average molecular weight is 395 g/mol. The zero-order chi connectivity index (χ0) is 17.9. The number of hydrogen-bond acceptors (Lipinski definition) is 5. The van der Waals surface area contributed by atoms with Crippen molar-refractivity contribution >= 4 is 54.6 Å². The molecule has 0 aliphatic heterocycles. The van der Waals surface area contributed by atoms with E-state index in [0.717, 1.165) is 10.2 Å². The van der Waals surface area contributed by atoms with Crippen LogP contribution in [-0.4, -0.2) is 25.1 Å². The first-order valence-electron chi connectivity index (χ1n) is 7.55. The lowest BCUT2D eigenvalue weighted by Gasteiger charge is -2.06. The van der Waals surface area contributed by atoms with Gasteiger partial charge in [-0.25, -0.2) is 13.4 Å². The molecule has 1 heterocycles. The van der Waals surface area contributed by atoms with Gasteiger partial charge >= 0.3 is 0 Å². The number of thiazole rings is 1. The summed E-state index contributed by atoms with van der Waals surface area (Å²) in [5, 5.41) is 3.27. The number of nitrogens with zero attached hydrogens (tertiary/aromatic N) is 1. The molecule has 0 unspecified atom stereocenters. The van der Waals surface area contributed by atoms with Gasteiger partial charge in [-0.3, -0.25) is 4.79 Å². The Bertz CT molecular complexity index is 998. The summed E-state index contributed by atoms with van der Waals surface area (Å²) in [5.41, 5.74) is 3.32. The van der Waals surface area contributed by atoms with Gasteiger partial charge in [-0.05, 0) is 48.9 Å². The topological polar surface area (TPSA) is 76.1 Å². The van der Waals surface area contributed by atoms with Crippen molar-refractivity contribution in [2.24, 2.45) is 0 Å². The molecule has 0 bridgehead atoms. The van der Waals surface area contributed by atoms with Crippen LogP contribution in [0, 0.1) is 0 Å². The van der Waals surface area contributed by atoms with Crippen LogP contribution in [0.15, 0.2) is 52.9 Å². The van der Waals surface area contributed by atoms with Crippen LogP contribution >= 0.6 is 22.9 Å². The lowest BCUT2D eigenvalue weighted by Crippen LogP contribution is -2.14. The van der Waals surface area contributed by atoms with E-state index in [4.69, 9.17) is 11.6 Å². The van der Waals surface area contributed by atoms with Crippen LogP contribution in [0.3, 0.4) is 0 Å². The van der Waals surface area contributed by atoms with Gasteiger partial charge in [-0.15, -0.1) is 11.3 Å². The largest absolute Gasteiger partial charge is 0.326 e. The Morgan fingerprint density at radius 2 is 1.92 bits per heavy atom. The number of nitrogens with one attached hydrogen (secondary N) is 1. The standard InChI is InChI=1S/C17H15ClN2O3S2/c18-12-3-6-14(7-4-12)25(22,23)9-1-2-17(21)20-13-5-8-15-16(10-13)24-11-19-15/h3-8,10-11H,1-2,9H2,(H,20,21). The fourth-order valence-corrected chi connectivity index (χ4v) is 4.49. The number of halogens is 1. The number of amides is 1. The van der Waals surface area contributed by atoms with E-state index in [1.807, 2.05) is 12.1 Å². The maximum atomic E-state index is 12.2. The maximum absolute atomic E-state index is 12.2. The Kier molecular flexibility index (Phi) is 5.36. The SMILES string of the molecule is O=C(CCCS(=O)(=O)c1ccc(Cl)cc1)Nc1ccc2ncsc2c1. The van der Waals surface area contributed by atoms with E-state index in [1.165, 1.54) is 35.6 Å². The van der Waals surface area contributed by atoms with E-state index in [-0.39, 0.29) is 29.4 Å². The summed E-state index contributed by atoms with van der Waals surface area (Å²) in [4.78, 5) is 16.4. The molecule has 1 aromatic heterocycles. The van der Waals surface area contributed by atoms with Gasteiger partial charge in [-0.2, -0.15) is 0 Å². The first-order valence-corrected chi connectivity index (χ1v) is 10.5. The minimum absolute atomic E-state index is 0.0874. The second kappa shape index (κ2) is 7.51. The Morgan fingerprint density at radius 1 is 1.16 bits per heavy atom. The number of fused-ring (bicyclic) bond motifs is 1. The molecule has 25 heavy (non-hydrogen) atoms. The predicted octanol–water partition coefficient (Wildman–Crippen LogP) is 4.14. The maximum Gasteiger partial charge on any atom is 0.224 e. The van der Waals surface area contributed by atoms with Crippen LogP contribution in [0.5, 0.6) is 0 Å². The highest BCUT2D eigenvalue weighted by molar-refractivity contribution is 7.91. The van der Waals surface area contributed by atoms with Crippen molar-refractivity contribution in [2.45, 2.75) is 17.7 Å². The molecule has 0 spiro atoms. The van der Waals surface area contributed by atoms with Crippen LogP contribution < -0.4 is 5.32 Å². The summed E-state index contributed by atoms with van der Waals surface area (Å²) < 4.78 is 25.4. The number of sulfone groups is 1.